The summed E-state index contributed by atoms with van der Waals surface area (Å²) in [5.41, 5.74) is 3.23. The van der Waals surface area contributed by atoms with E-state index in [9.17, 15) is 19.0 Å². The summed E-state index contributed by atoms with van der Waals surface area (Å²) in [7, 11) is -4.79. The summed E-state index contributed by atoms with van der Waals surface area (Å²) in [6.07, 6.45) is 6.75. The molecular formula is C38H42NaO6P. The number of Topliss-reactive ketones (excluding diaryl/α,β-unsaturated/α-hetero) is 2. The zero-order valence-electron chi connectivity index (χ0n) is 27.1. The summed E-state index contributed by atoms with van der Waals surface area (Å²) in [5, 5.41) is 0. The number of carbonyl (C=O) groups excluding carboxylic acids is 2. The van der Waals surface area contributed by atoms with Gasteiger partial charge in [0, 0.05) is 23.0 Å². The molecule has 0 amide bonds. The molecule has 0 aliphatic heterocycles. The Kier molecular flexibility index (Phi) is 15.5. The maximum absolute atomic E-state index is 13.3. The minimum Gasteiger partial charge on any atom is -0.736 e. The van der Waals surface area contributed by atoms with E-state index in [0.717, 1.165) is 49.7 Å². The van der Waals surface area contributed by atoms with E-state index in [0.29, 0.717) is 24.0 Å². The first kappa shape index (κ1) is 37.5. The number of rotatable bonds is 18. The van der Waals surface area contributed by atoms with Crippen LogP contribution in [-0.2, 0) is 17.4 Å². The fraction of sp³-hybridized carbons (Fsp3) is 0.316. The minimum atomic E-state index is -4.79. The molecule has 0 fully saturated rings. The van der Waals surface area contributed by atoms with E-state index in [1.807, 2.05) is 60.7 Å². The SMILES string of the molecule is CCCCC(Cc1ccccc1)C(=O)c1ccc(OP(=O)([O-])Oc2ccc(C(=O)C(CCCC)Cc3ccccc3)cc2)cc1.[Na+]. The predicted molar refractivity (Wildman–Crippen MR) is 177 cm³/mol. The Balaban J connectivity index is 0.00000576. The molecule has 0 saturated carbocycles. The van der Waals surface area contributed by atoms with E-state index in [2.05, 4.69) is 13.8 Å². The zero-order valence-corrected chi connectivity index (χ0v) is 30.0. The van der Waals surface area contributed by atoms with E-state index < -0.39 is 7.82 Å². The summed E-state index contributed by atoms with van der Waals surface area (Å²) < 4.78 is 23.1. The van der Waals surface area contributed by atoms with Crippen LogP contribution >= 0.6 is 7.82 Å². The average Bonchev–Trinajstić information content (AvgIpc) is 3.05. The van der Waals surface area contributed by atoms with Crippen LogP contribution in [0, 0.1) is 11.8 Å². The van der Waals surface area contributed by atoms with Crippen molar-refractivity contribution in [3.63, 3.8) is 0 Å². The number of phosphoric acid groups is 1. The van der Waals surface area contributed by atoms with Gasteiger partial charge in [0.05, 0.1) is 0 Å². The Labute approximate surface area is 295 Å². The van der Waals surface area contributed by atoms with E-state index >= 15 is 0 Å². The van der Waals surface area contributed by atoms with Crippen LogP contribution in [0.15, 0.2) is 109 Å². The summed E-state index contributed by atoms with van der Waals surface area (Å²) >= 11 is 0. The summed E-state index contributed by atoms with van der Waals surface area (Å²) in [6.45, 7) is 4.20. The molecule has 236 valence electrons. The van der Waals surface area contributed by atoms with Crippen LogP contribution in [0.4, 0.5) is 0 Å². The van der Waals surface area contributed by atoms with E-state index in [1.54, 1.807) is 24.3 Å². The van der Waals surface area contributed by atoms with Gasteiger partial charge in [-0.2, -0.15) is 0 Å². The molecule has 0 aliphatic rings. The third kappa shape index (κ3) is 11.7. The van der Waals surface area contributed by atoms with Crippen molar-refractivity contribution in [2.45, 2.75) is 65.2 Å². The van der Waals surface area contributed by atoms with Crippen LogP contribution < -0.4 is 43.5 Å². The van der Waals surface area contributed by atoms with Crippen LogP contribution in [0.1, 0.15) is 84.2 Å². The van der Waals surface area contributed by atoms with Crippen molar-refractivity contribution in [2.75, 3.05) is 0 Å². The standard InChI is InChI=1S/C38H43O6P.Na/c1-3-5-17-33(27-29-13-9-7-10-14-29)37(39)31-19-23-35(24-20-31)43-45(41,42)44-36-25-21-32(22-26-36)38(40)34(18-6-4-2)28-30-15-11-8-12-16-30;/h7-16,19-26,33-34H,3-6,17-18,27-28H2,1-2H3,(H,41,42);/q;+1/p-1. The smallest absolute Gasteiger partial charge is 0.736 e. The average molecular weight is 649 g/mol. The Morgan fingerprint density at radius 3 is 1.28 bits per heavy atom. The molecule has 0 bridgehead atoms. The van der Waals surface area contributed by atoms with Gasteiger partial charge in [-0.1, -0.05) is 100 Å². The number of carbonyl (C=O) groups is 2. The maximum atomic E-state index is 13.3. The molecule has 4 aromatic carbocycles. The minimum absolute atomic E-state index is 0. The Morgan fingerprint density at radius 2 is 0.957 bits per heavy atom. The molecular weight excluding hydrogens is 606 g/mol. The van der Waals surface area contributed by atoms with Gasteiger partial charge in [-0.15, -0.1) is 0 Å². The van der Waals surface area contributed by atoms with Crippen molar-refractivity contribution in [3.8, 4) is 11.5 Å². The Bertz CT molecular complexity index is 1430. The normalized spacial score (nSPS) is 13.5. The molecule has 4 aromatic rings. The first-order valence-corrected chi connectivity index (χ1v) is 17.3. The Hall–Kier alpha value is -2.99. The first-order chi connectivity index (χ1) is 21.8. The third-order valence-electron chi connectivity index (χ3n) is 7.92. The van der Waals surface area contributed by atoms with E-state index in [4.69, 9.17) is 9.05 Å². The van der Waals surface area contributed by atoms with Crippen molar-refractivity contribution in [1.82, 2.24) is 0 Å². The fourth-order valence-electron chi connectivity index (χ4n) is 5.46. The van der Waals surface area contributed by atoms with Crippen molar-refractivity contribution < 1.29 is 57.7 Å². The van der Waals surface area contributed by atoms with Crippen molar-refractivity contribution in [2.24, 2.45) is 11.8 Å². The van der Waals surface area contributed by atoms with Gasteiger partial charge in [-0.25, -0.2) is 4.57 Å². The molecule has 8 heteroatoms. The monoisotopic (exact) mass is 648 g/mol. The van der Waals surface area contributed by atoms with Crippen LogP contribution in [0.3, 0.4) is 0 Å². The van der Waals surface area contributed by atoms with Crippen LogP contribution in [0.5, 0.6) is 11.5 Å². The molecule has 0 aliphatic carbocycles. The third-order valence-corrected chi connectivity index (χ3v) is 8.78. The van der Waals surface area contributed by atoms with Gasteiger partial charge in [0.1, 0.15) is 11.5 Å². The van der Waals surface area contributed by atoms with Crippen LogP contribution in [0.2, 0.25) is 0 Å². The molecule has 2 unspecified atom stereocenters. The van der Waals surface area contributed by atoms with Gasteiger partial charge in [0.25, 0.3) is 0 Å². The van der Waals surface area contributed by atoms with Crippen molar-refractivity contribution in [3.05, 3.63) is 131 Å². The zero-order chi connectivity index (χ0) is 32.1. The topological polar surface area (TPSA) is 92.7 Å². The van der Waals surface area contributed by atoms with Gasteiger partial charge in [-0.05, 0) is 85.3 Å². The number of hydrogen-bond donors (Lipinski definition) is 0. The Morgan fingerprint density at radius 1 is 0.609 bits per heavy atom. The molecule has 46 heavy (non-hydrogen) atoms. The molecule has 6 nitrogen and oxygen atoms in total. The van der Waals surface area contributed by atoms with Gasteiger partial charge in [-0.3, -0.25) is 9.59 Å². The molecule has 0 saturated heterocycles. The van der Waals surface area contributed by atoms with Gasteiger partial charge >= 0.3 is 37.4 Å². The summed E-state index contributed by atoms with van der Waals surface area (Å²) in [4.78, 5) is 39.4. The number of phosphoric ester groups is 1. The number of ketones is 2. The van der Waals surface area contributed by atoms with E-state index in [-0.39, 0.29) is 64.5 Å². The second-order valence-corrected chi connectivity index (χ2v) is 12.7. The van der Waals surface area contributed by atoms with Crippen molar-refractivity contribution >= 4 is 19.4 Å². The first-order valence-electron chi connectivity index (χ1n) is 15.8. The van der Waals surface area contributed by atoms with Gasteiger partial charge < -0.3 is 13.9 Å². The number of unbranched alkanes of at least 4 members (excludes halogenated alkanes) is 2. The van der Waals surface area contributed by atoms with Gasteiger partial charge in [0.15, 0.2) is 11.6 Å². The van der Waals surface area contributed by atoms with Crippen LogP contribution in [-0.4, -0.2) is 11.6 Å². The molecule has 4 rings (SSSR count). The maximum Gasteiger partial charge on any atom is 1.00 e. The van der Waals surface area contributed by atoms with E-state index in [1.165, 1.54) is 24.3 Å². The van der Waals surface area contributed by atoms with Crippen molar-refractivity contribution in [1.29, 1.82) is 0 Å². The second-order valence-electron chi connectivity index (χ2n) is 11.5. The number of hydrogen-bond acceptors (Lipinski definition) is 6. The molecule has 0 spiro atoms. The number of benzene rings is 4. The molecule has 0 heterocycles. The molecule has 0 N–H and O–H groups in total. The summed E-state index contributed by atoms with van der Waals surface area (Å²) in [5.74, 6) is -0.188. The molecule has 2 atom stereocenters. The molecule has 0 radical (unpaired) electrons. The fourth-order valence-corrected chi connectivity index (χ4v) is 6.26. The van der Waals surface area contributed by atoms with Gasteiger partial charge in [0.2, 0.25) is 0 Å². The summed E-state index contributed by atoms with van der Waals surface area (Å²) in [6, 6.07) is 32.1. The second kappa shape index (κ2) is 19.0. The van der Waals surface area contributed by atoms with Crippen LogP contribution in [0.25, 0.3) is 0 Å². The molecule has 0 aromatic heterocycles. The predicted octanol–water partition coefficient (Wildman–Crippen LogP) is 6.08. The largest absolute Gasteiger partial charge is 1.00 e. The quantitative estimate of drug-likeness (QED) is 0.0738.